The van der Waals surface area contributed by atoms with Crippen LogP contribution < -0.4 is 32.7 Å². The lowest BCUT2D eigenvalue weighted by molar-refractivity contribution is -0.149. The summed E-state index contributed by atoms with van der Waals surface area (Å²) in [6.45, 7) is 7.40. The summed E-state index contributed by atoms with van der Waals surface area (Å²) < 4.78 is 0. The number of carbonyl (C=O) groups excluding carboxylic acids is 6. The van der Waals surface area contributed by atoms with E-state index in [-0.39, 0.29) is 44.6 Å². The van der Waals surface area contributed by atoms with E-state index in [0.29, 0.717) is 18.4 Å². The van der Waals surface area contributed by atoms with Crippen molar-refractivity contribution in [3.63, 3.8) is 0 Å². The molecule has 1 heterocycles. The number of aliphatic carboxylic acids is 1. The van der Waals surface area contributed by atoms with Gasteiger partial charge < -0.3 is 42.7 Å². The Morgan fingerprint density at radius 3 is 1.78 bits per heavy atom. The third-order valence-electron chi connectivity index (χ3n) is 9.26. The fourth-order valence-electron chi connectivity index (χ4n) is 6.33. The number of carbonyl (C=O) groups is 7. The van der Waals surface area contributed by atoms with Crippen LogP contribution in [0.2, 0.25) is 0 Å². The average molecular weight is 750 g/mol. The largest absolute Gasteiger partial charge is 0.480 e. The highest BCUT2D eigenvalue weighted by molar-refractivity contribution is 5.96. The zero-order chi connectivity index (χ0) is 39.9. The van der Waals surface area contributed by atoms with Crippen LogP contribution in [-0.2, 0) is 46.4 Å². The molecule has 2 aromatic carbocycles. The van der Waals surface area contributed by atoms with Crippen LogP contribution in [-0.4, -0.2) is 94.2 Å². The molecule has 0 saturated carbocycles. The van der Waals surface area contributed by atoms with Gasteiger partial charge in [-0.25, -0.2) is 4.79 Å². The van der Waals surface area contributed by atoms with Gasteiger partial charge in [-0.15, -0.1) is 0 Å². The van der Waals surface area contributed by atoms with Gasteiger partial charge in [0.05, 0.1) is 6.04 Å². The molecular formula is C39H55N7O8. The van der Waals surface area contributed by atoms with E-state index in [1.807, 2.05) is 19.9 Å². The van der Waals surface area contributed by atoms with Crippen molar-refractivity contribution >= 4 is 41.4 Å². The van der Waals surface area contributed by atoms with Gasteiger partial charge in [0.15, 0.2) is 0 Å². The van der Waals surface area contributed by atoms with Crippen molar-refractivity contribution < 1.29 is 38.7 Å². The highest BCUT2D eigenvalue weighted by atomic mass is 16.4. The second kappa shape index (κ2) is 20.8. The van der Waals surface area contributed by atoms with Gasteiger partial charge in [0.25, 0.3) is 0 Å². The molecule has 0 aromatic heterocycles. The van der Waals surface area contributed by atoms with Crippen LogP contribution in [0.25, 0.3) is 0 Å². The minimum atomic E-state index is -1.19. The molecule has 0 unspecified atom stereocenters. The molecule has 9 N–H and O–H groups in total. The van der Waals surface area contributed by atoms with Crippen molar-refractivity contribution in [1.29, 1.82) is 0 Å². The lowest BCUT2D eigenvalue weighted by Crippen LogP contribution is -2.61. The molecule has 1 saturated heterocycles. The normalized spacial score (nSPS) is 16.8. The molecule has 54 heavy (non-hydrogen) atoms. The quantitative estimate of drug-likeness (QED) is 0.101. The molecule has 0 radical (unpaired) electrons. The maximum Gasteiger partial charge on any atom is 0.326 e. The topological polar surface area (TPSA) is 243 Å². The van der Waals surface area contributed by atoms with Crippen LogP contribution in [0, 0.1) is 11.8 Å². The number of likely N-dealkylation sites (tertiary alicyclic amines) is 1. The van der Waals surface area contributed by atoms with Crippen LogP contribution in [0.5, 0.6) is 0 Å². The molecule has 2 aromatic rings. The minimum Gasteiger partial charge on any atom is -0.480 e. The Bertz CT molecular complexity index is 1600. The third kappa shape index (κ3) is 13.3. The number of nitrogens with two attached hydrogens (primary N) is 2. The summed E-state index contributed by atoms with van der Waals surface area (Å²) in [7, 11) is 0. The predicted octanol–water partition coefficient (Wildman–Crippen LogP) is 0.782. The van der Waals surface area contributed by atoms with E-state index >= 15 is 0 Å². The van der Waals surface area contributed by atoms with Crippen molar-refractivity contribution in [2.45, 2.75) is 109 Å². The van der Waals surface area contributed by atoms with E-state index in [2.05, 4.69) is 21.3 Å². The number of benzene rings is 2. The summed E-state index contributed by atoms with van der Waals surface area (Å²) in [4.78, 5) is 93.0. The summed E-state index contributed by atoms with van der Waals surface area (Å²) >= 11 is 0. The molecule has 6 amide bonds. The first kappa shape index (κ1) is 43.1. The number of primary amides is 1. The number of rotatable bonds is 20. The summed E-state index contributed by atoms with van der Waals surface area (Å²) in [5, 5.41) is 20.7. The maximum absolute atomic E-state index is 14.1. The van der Waals surface area contributed by atoms with Crippen molar-refractivity contribution in [3.8, 4) is 0 Å². The fraction of sp³-hybridized carbons (Fsp3) is 0.513. The molecule has 15 heteroatoms. The maximum atomic E-state index is 14.1. The second-order valence-corrected chi connectivity index (χ2v) is 14.6. The number of amides is 6. The zero-order valence-electron chi connectivity index (χ0n) is 31.5. The van der Waals surface area contributed by atoms with Crippen molar-refractivity contribution in [1.82, 2.24) is 26.2 Å². The average Bonchev–Trinajstić information content (AvgIpc) is 3.62. The summed E-state index contributed by atoms with van der Waals surface area (Å²) in [5.74, 6) is -5.41. The molecule has 1 aliphatic rings. The van der Waals surface area contributed by atoms with Gasteiger partial charge in [-0.1, -0.05) is 88.4 Å². The van der Waals surface area contributed by atoms with Gasteiger partial charge in [-0.05, 0) is 48.6 Å². The molecule has 294 valence electrons. The molecule has 0 aliphatic carbocycles. The van der Waals surface area contributed by atoms with E-state index in [1.165, 1.54) is 4.90 Å². The Balaban J connectivity index is 1.85. The Kier molecular flexibility index (Phi) is 16.6. The van der Waals surface area contributed by atoms with Crippen LogP contribution in [0.3, 0.4) is 0 Å². The number of nitrogens with one attached hydrogen (secondary N) is 4. The number of carboxylic acids is 1. The minimum absolute atomic E-state index is 0.00908. The fourth-order valence-corrected chi connectivity index (χ4v) is 6.33. The van der Waals surface area contributed by atoms with E-state index in [4.69, 9.17) is 11.5 Å². The van der Waals surface area contributed by atoms with E-state index in [0.717, 1.165) is 5.56 Å². The second-order valence-electron chi connectivity index (χ2n) is 14.6. The molecule has 0 bridgehead atoms. The first-order valence-corrected chi connectivity index (χ1v) is 18.4. The number of carboxylic acid groups (broad SMARTS) is 1. The lowest BCUT2D eigenvalue weighted by atomic mass is 9.98. The molecule has 6 atom stereocenters. The first-order chi connectivity index (χ1) is 25.6. The third-order valence-corrected chi connectivity index (χ3v) is 9.26. The van der Waals surface area contributed by atoms with Crippen LogP contribution in [0.15, 0.2) is 60.7 Å². The number of hydrogen-bond donors (Lipinski definition) is 7. The molecule has 0 spiro atoms. The lowest BCUT2D eigenvalue weighted by Gasteiger charge is -2.30. The smallest absolute Gasteiger partial charge is 0.326 e. The monoisotopic (exact) mass is 749 g/mol. The van der Waals surface area contributed by atoms with Crippen LogP contribution in [0.1, 0.15) is 70.9 Å². The Morgan fingerprint density at radius 1 is 0.741 bits per heavy atom. The SMILES string of the molecule is CC(C)C[C@H](NC(=O)[C@@H](N)CCC(N)=O)C(=O)N[C@@H](Cc1ccccc1)C(=O)N[C@H](C(=O)N[C@@H](Cc1ccccc1)C(=O)N1CCC[C@H]1C(=O)O)C(C)C. The highest BCUT2D eigenvalue weighted by Gasteiger charge is 2.39. The van der Waals surface area contributed by atoms with Crippen molar-refractivity contribution in [2.75, 3.05) is 6.54 Å². The summed E-state index contributed by atoms with van der Waals surface area (Å²) in [6.07, 6.45) is 1.05. The molecule has 3 rings (SSSR count). The van der Waals surface area contributed by atoms with Gasteiger partial charge in [0.2, 0.25) is 35.4 Å². The van der Waals surface area contributed by atoms with Crippen molar-refractivity contribution in [3.05, 3.63) is 71.8 Å². The van der Waals surface area contributed by atoms with Crippen LogP contribution in [0.4, 0.5) is 0 Å². The summed E-state index contributed by atoms with van der Waals surface area (Å²) in [5.41, 5.74) is 12.6. The zero-order valence-corrected chi connectivity index (χ0v) is 31.5. The molecule has 15 nitrogen and oxygen atoms in total. The Hall–Kier alpha value is -5.31. The van der Waals surface area contributed by atoms with Gasteiger partial charge >= 0.3 is 5.97 Å². The Labute approximate surface area is 316 Å². The number of hydrogen-bond acceptors (Lipinski definition) is 8. The number of nitrogens with zero attached hydrogens (tertiary/aromatic N) is 1. The molecular weight excluding hydrogens is 694 g/mol. The first-order valence-electron chi connectivity index (χ1n) is 18.4. The van der Waals surface area contributed by atoms with E-state index in [1.54, 1.807) is 68.4 Å². The van der Waals surface area contributed by atoms with Gasteiger partial charge in [-0.2, -0.15) is 0 Å². The standard InChI is InChI=1S/C39H55N7O8/c1-23(2)20-28(42-34(48)27(40)17-18-32(41)47)35(49)43-29(21-25-12-7-5-8-13-25)36(50)45-33(24(3)4)37(51)44-30(22-26-14-9-6-10-15-26)38(52)46-19-11-16-31(46)39(53)54/h5-10,12-15,23-24,27-31,33H,11,16-22,40H2,1-4H3,(H2,41,47)(H,42,48)(H,43,49)(H,44,51)(H,45,50)(H,53,54)/t27-,28-,29-,30-,31-,33-/m0/s1. The van der Waals surface area contributed by atoms with E-state index in [9.17, 15) is 38.7 Å². The predicted molar refractivity (Wildman–Crippen MR) is 201 cm³/mol. The molecule has 1 fully saturated rings. The van der Waals surface area contributed by atoms with Gasteiger partial charge in [0.1, 0.15) is 30.2 Å². The van der Waals surface area contributed by atoms with Gasteiger partial charge in [-0.3, -0.25) is 28.8 Å². The molecule has 1 aliphatic heterocycles. The van der Waals surface area contributed by atoms with Gasteiger partial charge in [0, 0.05) is 25.8 Å². The van der Waals surface area contributed by atoms with E-state index < -0.39 is 83.6 Å². The van der Waals surface area contributed by atoms with Crippen molar-refractivity contribution in [2.24, 2.45) is 23.3 Å². The highest BCUT2D eigenvalue weighted by Crippen LogP contribution is 2.20. The van der Waals surface area contributed by atoms with Crippen LogP contribution >= 0.6 is 0 Å². The summed E-state index contributed by atoms with van der Waals surface area (Å²) in [6, 6.07) is 11.3. The Morgan fingerprint density at radius 2 is 1.26 bits per heavy atom.